The first-order chi connectivity index (χ1) is 10.2. The number of benzene rings is 1. The van der Waals surface area contributed by atoms with Crippen LogP contribution in [-0.2, 0) is 4.74 Å². The molecule has 0 radical (unpaired) electrons. The van der Waals surface area contributed by atoms with Crippen LogP contribution < -0.4 is 14.8 Å². The molecule has 0 amide bonds. The molecule has 21 heavy (non-hydrogen) atoms. The van der Waals surface area contributed by atoms with E-state index in [1.807, 2.05) is 6.07 Å². The maximum absolute atomic E-state index is 5.36. The van der Waals surface area contributed by atoms with Gasteiger partial charge >= 0.3 is 0 Å². The minimum Gasteiger partial charge on any atom is -0.497 e. The maximum Gasteiger partial charge on any atom is 0.122 e. The van der Waals surface area contributed by atoms with Gasteiger partial charge in [-0.25, -0.2) is 0 Å². The van der Waals surface area contributed by atoms with E-state index in [0.29, 0.717) is 0 Å². The number of nitrogens with one attached hydrogen (secondary N) is 1. The lowest BCUT2D eigenvalue weighted by Crippen LogP contribution is -2.40. The summed E-state index contributed by atoms with van der Waals surface area (Å²) in [6.45, 7) is 7.93. The molecule has 1 unspecified atom stereocenters. The van der Waals surface area contributed by atoms with Gasteiger partial charge in [-0.2, -0.15) is 0 Å². The lowest BCUT2D eigenvalue weighted by Gasteiger charge is -2.27. The van der Waals surface area contributed by atoms with Crippen LogP contribution in [-0.4, -0.2) is 58.5 Å². The Balaban J connectivity index is 1.85. The van der Waals surface area contributed by atoms with Gasteiger partial charge in [0.1, 0.15) is 11.5 Å². The van der Waals surface area contributed by atoms with E-state index < -0.39 is 0 Å². The van der Waals surface area contributed by atoms with Gasteiger partial charge in [-0.15, -0.1) is 0 Å². The highest BCUT2D eigenvalue weighted by molar-refractivity contribution is 5.39. The van der Waals surface area contributed by atoms with E-state index in [1.54, 1.807) is 14.2 Å². The molecular weight excluding hydrogens is 268 g/mol. The Bertz CT molecular complexity index is 411. The number of morpholine rings is 1. The normalized spacial score (nSPS) is 17.5. The fourth-order valence-corrected chi connectivity index (χ4v) is 2.46. The molecule has 1 aromatic carbocycles. The lowest BCUT2D eigenvalue weighted by atomic mass is 10.1. The van der Waals surface area contributed by atoms with Crippen molar-refractivity contribution in [1.29, 1.82) is 0 Å². The largest absolute Gasteiger partial charge is 0.497 e. The molecule has 5 nitrogen and oxygen atoms in total. The van der Waals surface area contributed by atoms with Crippen LogP contribution in [0, 0.1) is 0 Å². The summed E-state index contributed by atoms with van der Waals surface area (Å²) in [6.07, 6.45) is 0. The minimum atomic E-state index is 0.259. The SMILES string of the molecule is COc1cc(OC)cc(C(C)NCCN2CCOCC2)c1. The molecule has 1 aliphatic heterocycles. The zero-order chi connectivity index (χ0) is 15.1. The zero-order valence-electron chi connectivity index (χ0n) is 13.2. The van der Waals surface area contributed by atoms with Gasteiger partial charge in [0, 0.05) is 38.3 Å². The van der Waals surface area contributed by atoms with Crippen molar-refractivity contribution in [3.8, 4) is 11.5 Å². The number of hydrogen-bond acceptors (Lipinski definition) is 5. The average Bonchev–Trinajstić information content (AvgIpc) is 2.55. The summed E-state index contributed by atoms with van der Waals surface area (Å²) in [5.41, 5.74) is 1.17. The van der Waals surface area contributed by atoms with Gasteiger partial charge in [0.15, 0.2) is 0 Å². The second kappa shape index (κ2) is 8.22. The average molecular weight is 294 g/mol. The first-order valence-corrected chi connectivity index (χ1v) is 7.49. The number of methoxy groups -OCH3 is 2. The van der Waals surface area contributed by atoms with Crippen molar-refractivity contribution in [2.24, 2.45) is 0 Å². The molecule has 0 spiro atoms. The van der Waals surface area contributed by atoms with Crippen molar-refractivity contribution >= 4 is 0 Å². The molecule has 5 heteroatoms. The quantitative estimate of drug-likeness (QED) is 0.829. The van der Waals surface area contributed by atoms with E-state index in [4.69, 9.17) is 14.2 Å². The van der Waals surface area contributed by atoms with E-state index in [-0.39, 0.29) is 6.04 Å². The number of hydrogen-bond donors (Lipinski definition) is 1. The van der Waals surface area contributed by atoms with E-state index in [0.717, 1.165) is 50.9 Å². The Hall–Kier alpha value is -1.30. The zero-order valence-corrected chi connectivity index (χ0v) is 13.2. The van der Waals surface area contributed by atoms with Crippen LogP contribution >= 0.6 is 0 Å². The fourth-order valence-electron chi connectivity index (χ4n) is 2.46. The van der Waals surface area contributed by atoms with Gasteiger partial charge in [0.2, 0.25) is 0 Å². The molecule has 0 aromatic heterocycles. The van der Waals surface area contributed by atoms with Crippen LogP contribution in [0.4, 0.5) is 0 Å². The topological polar surface area (TPSA) is 43.0 Å². The van der Waals surface area contributed by atoms with Gasteiger partial charge in [-0.1, -0.05) is 0 Å². The summed E-state index contributed by atoms with van der Waals surface area (Å²) in [5.74, 6) is 1.65. The van der Waals surface area contributed by atoms with Crippen LogP contribution in [0.5, 0.6) is 11.5 Å². The van der Waals surface area contributed by atoms with Gasteiger partial charge < -0.3 is 19.5 Å². The predicted molar refractivity (Wildman–Crippen MR) is 83.2 cm³/mol. The Morgan fingerprint density at radius 3 is 2.33 bits per heavy atom. The smallest absolute Gasteiger partial charge is 0.122 e. The molecular formula is C16H26N2O3. The van der Waals surface area contributed by atoms with Crippen molar-refractivity contribution in [2.75, 3.05) is 53.6 Å². The third kappa shape index (κ3) is 4.88. The molecule has 1 saturated heterocycles. The monoisotopic (exact) mass is 294 g/mol. The van der Waals surface area contributed by atoms with E-state index in [9.17, 15) is 0 Å². The molecule has 1 N–H and O–H groups in total. The molecule has 2 rings (SSSR count). The molecule has 0 bridgehead atoms. The molecule has 1 fully saturated rings. The summed E-state index contributed by atoms with van der Waals surface area (Å²) in [6, 6.07) is 6.25. The van der Waals surface area contributed by atoms with Crippen LogP contribution in [0.15, 0.2) is 18.2 Å². The van der Waals surface area contributed by atoms with Crippen LogP contribution in [0.25, 0.3) is 0 Å². The van der Waals surface area contributed by atoms with Crippen molar-refractivity contribution < 1.29 is 14.2 Å². The molecule has 1 aromatic rings. The molecule has 1 aliphatic rings. The number of ether oxygens (including phenoxy) is 3. The van der Waals surface area contributed by atoms with Crippen molar-refractivity contribution in [3.63, 3.8) is 0 Å². The Kier molecular flexibility index (Phi) is 6.29. The summed E-state index contributed by atoms with van der Waals surface area (Å²) < 4.78 is 16.0. The highest BCUT2D eigenvalue weighted by Gasteiger charge is 2.12. The first kappa shape index (κ1) is 16.1. The van der Waals surface area contributed by atoms with Crippen LogP contribution in [0.1, 0.15) is 18.5 Å². The Labute approximate surface area is 127 Å². The second-order valence-electron chi connectivity index (χ2n) is 5.28. The minimum absolute atomic E-state index is 0.259. The van der Waals surface area contributed by atoms with Crippen molar-refractivity contribution in [1.82, 2.24) is 10.2 Å². The van der Waals surface area contributed by atoms with E-state index in [2.05, 4.69) is 29.3 Å². The lowest BCUT2D eigenvalue weighted by molar-refractivity contribution is 0.0382. The maximum atomic E-state index is 5.36. The van der Waals surface area contributed by atoms with Crippen molar-refractivity contribution in [3.05, 3.63) is 23.8 Å². The number of rotatable bonds is 7. The summed E-state index contributed by atoms with van der Waals surface area (Å²) in [7, 11) is 3.35. The molecule has 1 atom stereocenters. The molecule has 1 heterocycles. The Morgan fingerprint density at radius 1 is 1.14 bits per heavy atom. The van der Waals surface area contributed by atoms with Gasteiger partial charge in [0.05, 0.1) is 27.4 Å². The van der Waals surface area contributed by atoms with Crippen molar-refractivity contribution in [2.45, 2.75) is 13.0 Å². The highest BCUT2D eigenvalue weighted by atomic mass is 16.5. The summed E-state index contributed by atoms with van der Waals surface area (Å²) in [5, 5.41) is 3.56. The number of nitrogens with zero attached hydrogens (tertiary/aromatic N) is 1. The molecule has 0 aliphatic carbocycles. The van der Waals surface area contributed by atoms with Crippen LogP contribution in [0.3, 0.4) is 0 Å². The first-order valence-electron chi connectivity index (χ1n) is 7.49. The molecule has 118 valence electrons. The highest BCUT2D eigenvalue weighted by Crippen LogP contribution is 2.26. The standard InChI is InChI=1S/C16H26N2O3/c1-13(17-4-5-18-6-8-21-9-7-18)14-10-15(19-2)12-16(11-14)20-3/h10-13,17H,4-9H2,1-3H3. The van der Waals surface area contributed by atoms with Gasteiger partial charge in [0.25, 0.3) is 0 Å². The summed E-state index contributed by atoms with van der Waals surface area (Å²) >= 11 is 0. The fraction of sp³-hybridized carbons (Fsp3) is 0.625. The summed E-state index contributed by atoms with van der Waals surface area (Å²) in [4.78, 5) is 2.43. The van der Waals surface area contributed by atoms with E-state index >= 15 is 0 Å². The van der Waals surface area contributed by atoms with E-state index in [1.165, 1.54) is 5.56 Å². The van der Waals surface area contributed by atoms with Gasteiger partial charge in [-0.05, 0) is 24.6 Å². The predicted octanol–water partition coefficient (Wildman–Crippen LogP) is 1.69. The van der Waals surface area contributed by atoms with Crippen LogP contribution in [0.2, 0.25) is 0 Å². The third-order valence-corrected chi connectivity index (χ3v) is 3.86. The third-order valence-electron chi connectivity index (χ3n) is 3.86. The van der Waals surface area contributed by atoms with Gasteiger partial charge in [-0.3, -0.25) is 4.90 Å². The molecule has 0 saturated carbocycles. The second-order valence-corrected chi connectivity index (χ2v) is 5.28. The Morgan fingerprint density at radius 2 is 1.76 bits per heavy atom.